The number of ketones is 1. The Hall–Kier alpha value is -3.19. The van der Waals surface area contributed by atoms with Gasteiger partial charge in [0.15, 0.2) is 5.78 Å². The van der Waals surface area contributed by atoms with Crippen LogP contribution in [0.5, 0.6) is 0 Å². The number of hydrogen-bond acceptors (Lipinski definition) is 5. The molecule has 0 saturated carbocycles. The van der Waals surface area contributed by atoms with E-state index in [9.17, 15) is 9.59 Å². The molecule has 4 rings (SSSR count). The van der Waals surface area contributed by atoms with Crippen LogP contribution in [0.4, 0.5) is 5.95 Å². The maximum Gasteiger partial charge on any atom is 0.237 e. The molecular formula is C24H29N5O2. The molecule has 0 aliphatic heterocycles. The van der Waals surface area contributed by atoms with E-state index >= 15 is 0 Å². The van der Waals surface area contributed by atoms with Gasteiger partial charge in [-0.2, -0.15) is 0 Å². The zero-order valence-electron chi connectivity index (χ0n) is 18.0. The van der Waals surface area contributed by atoms with E-state index < -0.39 is 12.1 Å². The van der Waals surface area contributed by atoms with Crippen LogP contribution >= 0.6 is 0 Å². The Morgan fingerprint density at radius 3 is 2.55 bits per heavy atom. The second kappa shape index (κ2) is 8.51. The van der Waals surface area contributed by atoms with Crippen molar-refractivity contribution in [2.24, 2.45) is 18.7 Å². The molecule has 1 heterocycles. The third kappa shape index (κ3) is 4.32. The molecule has 1 aliphatic rings. The summed E-state index contributed by atoms with van der Waals surface area (Å²) in [5.74, 6) is 0.254. The van der Waals surface area contributed by atoms with Crippen LogP contribution in [-0.4, -0.2) is 33.3 Å². The minimum absolute atomic E-state index is 0.0140. The molecule has 1 amide bonds. The zero-order chi connectivity index (χ0) is 22.1. The standard InChI is InChI=1S/C24H29N5O2/c1-14(27-23(31)22(25)18-12-16-5-3-4-6-17(16)13-18)21(30)10-8-15-7-9-19-20(11-15)29(2)24(26)28-19/h3-7,9,11,14,18,22H,8,10,12-13,25H2,1-2H3,(H2,26,28)(H,27,31)/t14-,22+/m0/s1. The molecule has 2 aromatic carbocycles. The number of hydrogen-bond donors (Lipinski definition) is 3. The lowest BCUT2D eigenvalue weighted by Crippen LogP contribution is -2.50. The third-order valence-corrected chi connectivity index (χ3v) is 6.37. The van der Waals surface area contributed by atoms with Crippen molar-refractivity contribution in [3.63, 3.8) is 0 Å². The lowest BCUT2D eigenvalue weighted by Gasteiger charge is -2.21. The predicted octanol–water partition coefficient (Wildman–Crippen LogP) is 1.90. The van der Waals surface area contributed by atoms with Gasteiger partial charge in [0.2, 0.25) is 11.9 Å². The molecule has 2 atom stereocenters. The van der Waals surface area contributed by atoms with Gasteiger partial charge < -0.3 is 21.4 Å². The number of imidazole rings is 1. The summed E-state index contributed by atoms with van der Waals surface area (Å²) in [6.45, 7) is 1.72. The summed E-state index contributed by atoms with van der Waals surface area (Å²) in [6.07, 6.45) is 2.52. The van der Waals surface area contributed by atoms with E-state index in [1.165, 1.54) is 11.1 Å². The highest BCUT2D eigenvalue weighted by Gasteiger charge is 2.31. The molecule has 7 heteroatoms. The molecule has 31 heavy (non-hydrogen) atoms. The smallest absolute Gasteiger partial charge is 0.237 e. The highest BCUT2D eigenvalue weighted by atomic mass is 16.2. The number of aryl methyl sites for hydroxylation is 2. The van der Waals surface area contributed by atoms with Gasteiger partial charge in [-0.25, -0.2) is 4.98 Å². The maximum absolute atomic E-state index is 12.6. The first-order valence-electron chi connectivity index (χ1n) is 10.7. The van der Waals surface area contributed by atoms with Gasteiger partial charge in [0.05, 0.1) is 23.1 Å². The highest BCUT2D eigenvalue weighted by molar-refractivity contribution is 5.91. The average molecular weight is 420 g/mol. The topological polar surface area (TPSA) is 116 Å². The van der Waals surface area contributed by atoms with Gasteiger partial charge in [-0.05, 0) is 60.9 Å². The predicted molar refractivity (Wildman–Crippen MR) is 121 cm³/mol. The quantitative estimate of drug-likeness (QED) is 0.541. The molecule has 1 aromatic heterocycles. The number of anilines is 1. The number of nitrogen functional groups attached to an aromatic ring is 1. The SMILES string of the molecule is C[C@H](NC(=O)[C@H](N)C1Cc2ccccc2C1)C(=O)CCc1ccc2nc(N)n(C)c2c1. The van der Waals surface area contributed by atoms with Crippen molar-refractivity contribution < 1.29 is 9.59 Å². The van der Waals surface area contributed by atoms with Gasteiger partial charge in [0.1, 0.15) is 0 Å². The van der Waals surface area contributed by atoms with Crippen molar-refractivity contribution in [2.75, 3.05) is 5.73 Å². The van der Waals surface area contributed by atoms with E-state index in [1.807, 2.05) is 41.9 Å². The molecule has 0 radical (unpaired) electrons. The molecule has 0 fully saturated rings. The minimum Gasteiger partial charge on any atom is -0.369 e. The van der Waals surface area contributed by atoms with Crippen LogP contribution < -0.4 is 16.8 Å². The van der Waals surface area contributed by atoms with E-state index in [1.54, 1.807) is 6.92 Å². The molecule has 3 aromatic rings. The van der Waals surface area contributed by atoms with Crippen LogP contribution in [0, 0.1) is 5.92 Å². The summed E-state index contributed by atoms with van der Waals surface area (Å²) in [6, 6.07) is 12.9. The Balaban J connectivity index is 1.30. The Labute approximate surface area is 181 Å². The number of nitrogens with zero attached hydrogens (tertiary/aromatic N) is 2. The molecule has 1 aliphatic carbocycles. The summed E-state index contributed by atoms with van der Waals surface area (Å²) in [7, 11) is 1.86. The molecular weight excluding hydrogens is 390 g/mol. The molecule has 0 unspecified atom stereocenters. The van der Waals surface area contributed by atoms with Crippen LogP contribution in [0.15, 0.2) is 42.5 Å². The van der Waals surface area contributed by atoms with Gasteiger partial charge in [0, 0.05) is 13.5 Å². The second-order valence-electron chi connectivity index (χ2n) is 8.51. The number of benzene rings is 2. The van der Waals surface area contributed by atoms with Crippen molar-refractivity contribution >= 4 is 28.7 Å². The number of carbonyl (C=O) groups is 2. The van der Waals surface area contributed by atoms with Crippen LogP contribution in [0.3, 0.4) is 0 Å². The number of carbonyl (C=O) groups excluding carboxylic acids is 2. The number of aromatic nitrogens is 2. The number of rotatable bonds is 7. The number of amides is 1. The molecule has 162 valence electrons. The third-order valence-electron chi connectivity index (χ3n) is 6.37. The van der Waals surface area contributed by atoms with Crippen LogP contribution in [0.25, 0.3) is 11.0 Å². The summed E-state index contributed by atoms with van der Waals surface area (Å²) >= 11 is 0. The van der Waals surface area contributed by atoms with Gasteiger partial charge >= 0.3 is 0 Å². The van der Waals surface area contributed by atoms with Crippen molar-refractivity contribution in [2.45, 2.75) is 44.7 Å². The second-order valence-corrected chi connectivity index (χ2v) is 8.51. The van der Waals surface area contributed by atoms with E-state index in [2.05, 4.69) is 22.4 Å². The van der Waals surface area contributed by atoms with Crippen molar-refractivity contribution in [1.29, 1.82) is 0 Å². The Bertz CT molecular complexity index is 1110. The number of nitrogens with one attached hydrogen (secondary N) is 1. The maximum atomic E-state index is 12.6. The first-order valence-corrected chi connectivity index (χ1v) is 10.7. The number of nitrogens with two attached hydrogens (primary N) is 2. The monoisotopic (exact) mass is 419 g/mol. The molecule has 0 spiro atoms. The van der Waals surface area contributed by atoms with Crippen LogP contribution in [0.1, 0.15) is 30.0 Å². The Morgan fingerprint density at radius 2 is 1.87 bits per heavy atom. The van der Waals surface area contributed by atoms with E-state index in [4.69, 9.17) is 11.5 Å². The fourth-order valence-electron chi connectivity index (χ4n) is 4.34. The Kier molecular flexibility index (Phi) is 5.78. The molecule has 0 bridgehead atoms. The van der Waals surface area contributed by atoms with Crippen molar-refractivity contribution in [3.05, 3.63) is 59.2 Å². The summed E-state index contributed by atoms with van der Waals surface area (Å²) in [5.41, 5.74) is 17.4. The van der Waals surface area contributed by atoms with E-state index in [-0.39, 0.29) is 17.6 Å². The van der Waals surface area contributed by atoms with E-state index in [0.717, 1.165) is 29.4 Å². The zero-order valence-corrected chi connectivity index (χ0v) is 18.0. The fraction of sp³-hybridized carbons (Fsp3) is 0.375. The highest BCUT2D eigenvalue weighted by Crippen LogP contribution is 2.28. The fourth-order valence-corrected chi connectivity index (χ4v) is 4.34. The van der Waals surface area contributed by atoms with Gasteiger partial charge in [-0.3, -0.25) is 9.59 Å². The lowest BCUT2D eigenvalue weighted by atomic mass is 9.96. The normalized spacial score (nSPS) is 15.6. The molecule has 0 saturated heterocycles. The van der Waals surface area contributed by atoms with Gasteiger partial charge in [-0.15, -0.1) is 0 Å². The minimum atomic E-state index is -0.625. The number of fused-ring (bicyclic) bond motifs is 2. The molecule has 5 N–H and O–H groups in total. The summed E-state index contributed by atoms with van der Waals surface area (Å²) in [5, 5.41) is 2.82. The molecule has 7 nitrogen and oxygen atoms in total. The average Bonchev–Trinajstić information content (AvgIpc) is 3.32. The van der Waals surface area contributed by atoms with Gasteiger partial charge in [0.25, 0.3) is 0 Å². The Morgan fingerprint density at radius 1 is 1.19 bits per heavy atom. The van der Waals surface area contributed by atoms with Gasteiger partial charge in [-0.1, -0.05) is 30.3 Å². The van der Waals surface area contributed by atoms with E-state index in [0.29, 0.717) is 18.8 Å². The van der Waals surface area contributed by atoms with Crippen LogP contribution in [0.2, 0.25) is 0 Å². The van der Waals surface area contributed by atoms with Crippen molar-refractivity contribution in [1.82, 2.24) is 14.9 Å². The first-order chi connectivity index (χ1) is 14.8. The van der Waals surface area contributed by atoms with Crippen LogP contribution in [-0.2, 0) is 35.9 Å². The van der Waals surface area contributed by atoms with Crippen molar-refractivity contribution in [3.8, 4) is 0 Å². The lowest BCUT2D eigenvalue weighted by molar-refractivity contribution is -0.128. The number of Topliss-reactive ketones (excluding diaryl/α,β-unsaturated/α-hetero) is 1. The summed E-state index contributed by atoms with van der Waals surface area (Å²) in [4.78, 5) is 29.5. The summed E-state index contributed by atoms with van der Waals surface area (Å²) < 4.78 is 1.83. The first kappa shape index (κ1) is 21.1. The largest absolute Gasteiger partial charge is 0.369 e.